The Balaban J connectivity index is 0.849. The lowest BCUT2D eigenvalue weighted by Crippen LogP contribution is -2.60. The molecule has 3 aliphatic carbocycles. The summed E-state index contributed by atoms with van der Waals surface area (Å²) in [4.78, 5) is 46.4. The summed E-state index contributed by atoms with van der Waals surface area (Å²) in [7, 11) is -1.55. The average molecular weight is 1060 g/mol. The zero-order valence-electron chi connectivity index (χ0n) is 43.9. The molecule has 1 amide bonds. The highest BCUT2D eigenvalue weighted by Gasteiger charge is 2.50. The first-order valence-electron chi connectivity index (χ1n) is 26.5. The number of nitroso groups, excluding NO2 is 1. The molecule has 402 valence electrons. The van der Waals surface area contributed by atoms with E-state index in [0.29, 0.717) is 42.9 Å². The first-order valence-corrected chi connectivity index (χ1v) is 27.9. The Morgan fingerprint density at radius 3 is 2.46 bits per heavy atom. The first kappa shape index (κ1) is 52.9. The third-order valence-electron chi connectivity index (χ3n) is 16.5. The van der Waals surface area contributed by atoms with Crippen molar-refractivity contribution in [2.75, 3.05) is 63.7 Å². The average Bonchev–Trinajstić information content (AvgIpc) is 3.82. The molecule has 76 heavy (non-hydrogen) atoms. The van der Waals surface area contributed by atoms with Gasteiger partial charge in [0.25, 0.3) is 21.8 Å². The zero-order valence-corrected chi connectivity index (χ0v) is 44.7. The number of piperidine rings is 1. The number of amides is 1. The van der Waals surface area contributed by atoms with E-state index in [0.717, 1.165) is 95.7 Å². The first-order chi connectivity index (χ1) is 36.5. The molecular formula is C57H68FN9O8S. The van der Waals surface area contributed by atoms with Gasteiger partial charge < -0.3 is 29.5 Å². The highest BCUT2D eigenvalue weighted by atomic mass is 32.2. The molecule has 2 aromatic carbocycles. The smallest absolute Gasteiger partial charge is 0.268 e. The Morgan fingerprint density at radius 1 is 0.947 bits per heavy atom. The van der Waals surface area contributed by atoms with E-state index >= 15 is 0 Å². The number of ether oxygens (including phenoxy) is 3. The second-order valence-electron chi connectivity index (χ2n) is 21.9. The van der Waals surface area contributed by atoms with Crippen LogP contribution in [0.2, 0.25) is 0 Å². The lowest BCUT2D eigenvalue weighted by molar-refractivity contribution is -0.0628. The van der Waals surface area contributed by atoms with Crippen LogP contribution in [0.3, 0.4) is 0 Å². The van der Waals surface area contributed by atoms with Crippen LogP contribution < -0.4 is 29.1 Å². The second-order valence-corrected chi connectivity index (χ2v) is 23.6. The van der Waals surface area contributed by atoms with Crippen molar-refractivity contribution in [3.05, 3.63) is 124 Å². The second kappa shape index (κ2) is 21.8. The number of methoxy groups -OCH3 is 2. The Labute approximate surface area is 444 Å². The number of pyridine rings is 3. The molecule has 10 rings (SSSR count). The Morgan fingerprint density at radius 2 is 1.72 bits per heavy atom. The number of hydrogen-bond acceptors (Lipinski definition) is 16. The number of hydrogen-bond donors (Lipinski definition) is 3. The summed E-state index contributed by atoms with van der Waals surface area (Å²) >= 11 is 0. The van der Waals surface area contributed by atoms with Gasteiger partial charge in [0, 0.05) is 100 Å². The summed E-state index contributed by atoms with van der Waals surface area (Å²) in [5.74, 6) is -0.0161. The molecular weight excluding hydrogens is 990 g/mol. The van der Waals surface area contributed by atoms with Gasteiger partial charge in [0.2, 0.25) is 5.88 Å². The number of allylic oxidation sites excluding steroid dienone is 1. The van der Waals surface area contributed by atoms with Crippen molar-refractivity contribution in [3.63, 3.8) is 0 Å². The number of halogens is 1. The van der Waals surface area contributed by atoms with E-state index in [1.807, 2.05) is 19.2 Å². The molecule has 3 aromatic heterocycles. The van der Waals surface area contributed by atoms with Gasteiger partial charge in [-0.05, 0) is 134 Å². The fraction of sp³-hybridized carbons (Fsp3) is 0.474. The van der Waals surface area contributed by atoms with E-state index in [9.17, 15) is 27.6 Å². The van der Waals surface area contributed by atoms with Crippen molar-refractivity contribution in [2.45, 2.75) is 114 Å². The summed E-state index contributed by atoms with van der Waals surface area (Å²) in [6.45, 7) is 12.0. The van der Waals surface area contributed by atoms with Crippen LogP contribution in [0.15, 0.2) is 95.3 Å². The van der Waals surface area contributed by atoms with Crippen LogP contribution in [-0.4, -0.2) is 109 Å². The normalized spacial score (nSPS) is 21.9. The fourth-order valence-corrected chi connectivity index (χ4v) is 13.0. The molecule has 2 saturated heterocycles. The number of sulfonamides is 1. The number of carbonyl (C=O) groups is 1. The van der Waals surface area contributed by atoms with Gasteiger partial charge in [-0.3, -0.25) is 14.6 Å². The van der Waals surface area contributed by atoms with Crippen molar-refractivity contribution in [1.82, 2.24) is 29.5 Å². The number of aliphatic hydroxyl groups is 1. The van der Waals surface area contributed by atoms with Crippen molar-refractivity contribution in [3.8, 4) is 23.3 Å². The third-order valence-corrected chi connectivity index (χ3v) is 17.8. The predicted molar refractivity (Wildman–Crippen MR) is 288 cm³/mol. The summed E-state index contributed by atoms with van der Waals surface area (Å²) in [6, 6.07) is 21.2. The molecule has 5 aromatic rings. The van der Waals surface area contributed by atoms with Crippen LogP contribution in [0.1, 0.15) is 122 Å². The molecule has 5 aliphatic rings. The molecule has 5 heterocycles. The quantitative estimate of drug-likeness (QED) is 0.0743. The SMILES string of the molecule is COc1cc(CN2CCN(C3CC4(CCN(c5ccc(C(=O)NS(=O)(=O)c6cnc(NC[C@H]7CC[C@@](C)(O)CC7)c(N=O)c6)c(Oc6cc7c(nc6OC)CC=C7F)c5)CC4)C3)[C@H](c3ccccc3C(C)C)C2)ccn1. The van der Waals surface area contributed by atoms with Gasteiger partial charge in [-0.25, -0.2) is 32.5 Å². The molecule has 1 spiro atoms. The number of piperazine rings is 1. The van der Waals surface area contributed by atoms with Gasteiger partial charge in [-0.15, -0.1) is 4.91 Å². The van der Waals surface area contributed by atoms with Crippen LogP contribution >= 0.6 is 0 Å². The molecule has 0 radical (unpaired) electrons. The third kappa shape index (κ3) is 11.3. The maximum Gasteiger partial charge on any atom is 0.268 e. The van der Waals surface area contributed by atoms with Gasteiger partial charge >= 0.3 is 0 Å². The van der Waals surface area contributed by atoms with Crippen LogP contribution in [0.5, 0.6) is 23.3 Å². The molecule has 17 nitrogen and oxygen atoms in total. The van der Waals surface area contributed by atoms with Crippen molar-refractivity contribution in [2.24, 2.45) is 16.5 Å². The number of benzene rings is 2. The minimum Gasteiger partial charge on any atom is -0.481 e. The van der Waals surface area contributed by atoms with Crippen molar-refractivity contribution < 1.29 is 36.9 Å². The predicted octanol–water partition coefficient (Wildman–Crippen LogP) is 9.85. The topological polar surface area (TPSA) is 201 Å². The number of rotatable bonds is 17. The Kier molecular flexibility index (Phi) is 15.2. The van der Waals surface area contributed by atoms with Gasteiger partial charge in [0.15, 0.2) is 17.3 Å². The van der Waals surface area contributed by atoms with Gasteiger partial charge in [0.1, 0.15) is 16.5 Å². The molecule has 4 fully saturated rings. The maximum atomic E-state index is 15.0. The molecule has 1 atom stereocenters. The largest absolute Gasteiger partial charge is 0.481 e. The molecule has 19 heteroatoms. The zero-order chi connectivity index (χ0) is 53.4. The Hall–Kier alpha value is -6.54. The molecule has 2 aliphatic heterocycles. The van der Waals surface area contributed by atoms with Crippen molar-refractivity contribution >= 4 is 38.9 Å². The minimum absolute atomic E-state index is 0.00343. The number of nitrogens with one attached hydrogen (secondary N) is 2. The Bertz CT molecular complexity index is 3110. The van der Waals surface area contributed by atoms with E-state index in [1.54, 1.807) is 19.2 Å². The van der Waals surface area contributed by atoms with E-state index in [1.165, 1.54) is 42.0 Å². The lowest BCUT2D eigenvalue weighted by Gasteiger charge is -2.58. The lowest BCUT2D eigenvalue weighted by atomic mass is 9.59. The van der Waals surface area contributed by atoms with Gasteiger partial charge in [0.05, 0.1) is 31.1 Å². The fourth-order valence-electron chi connectivity index (χ4n) is 12.1. The standard InChI is InChI=1S/C57H68FN9O8S/c1-36(2)42-8-6-7-9-43(42)49-35-65(34-38-16-21-59-52(26-38)73-4)24-25-67(49)40-30-57(31-40)19-22-66(23-20-57)39-10-11-44(50(27-39)75-51-29-45-46(58)12-13-47(45)62-55(51)74-5)54(68)64-76(71,72)41-28-48(63-70)53(61-33-41)60-32-37-14-17-56(3,69)18-15-37/h6-12,16,21,26-29,33,36-37,40,49,69H,13-15,17-20,22-25,30-32,34-35H2,1-5H3,(H,60,61)(H,64,68)/t37-,49-,56+/m0/s1. The summed E-state index contributed by atoms with van der Waals surface area (Å²) in [5.41, 5.74) is 4.57. The van der Waals surface area contributed by atoms with Crippen LogP contribution in [0.25, 0.3) is 5.83 Å². The molecule has 0 bridgehead atoms. The van der Waals surface area contributed by atoms with Crippen LogP contribution in [0.4, 0.5) is 21.6 Å². The van der Waals surface area contributed by atoms with E-state index in [4.69, 9.17) is 14.2 Å². The highest BCUT2D eigenvalue weighted by molar-refractivity contribution is 7.90. The molecule has 0 unspecified atom stereocenters. The van der Waals surface area contributed by atoms with Crippen molar-refractivity contribution in [1.29, 1.82) is 0 Å². The summed E-state index contributed by atoms with van der Waals surface area (Å²) in [6.07, 6.45) is 11.5. The highest BCUT2D eigenvalue weighted by Crippen LogP contribution is 2.54. The van der Waals surface area contributed by atoms with E-state index < -0.39 is 32.3 Å². The number of fused-ring (bicyclic) bond motifs is 1. The number of carbonyl (C=O) groups excluding carboxylic acids is 1. The van der Waals surface area contributed by atoms with Crippen LogP contribution in [-0.2, 0) is 23.0 Å². The maximum absolute atomic E-state index is 15.0. The summed E-state index contributed by atoms with van der Waals surface area (Å²) < 4.78 is 62.3. The molecule has 3 N–H and O–H groups in total. The van der Waals surface area contributed by atoms with Gasteiger partial charge in [-0.1, -0.05) is 38.1 Å². The van der Waals surface area contributed by atoms with Gasteiger partial charge in [-0.2, -0.15) is 0 Å². The van der Waals surface area contributed by atoms with Crippen LogP contribution in [0, 0.1) is 16.2 Å². The number of anilines is 2. The molecule has 2 saturated carbocycles. The minimum atomic E-state index is -4.61. The van der Waals surface area contributed by atoms with E-state index in [2.05, 4.69) is 89.0 Å². The number of aromatic nitrogens is 3. The monoisotopic (exact) mass is 1060 g/mol. The summed E-state index contributed by atoms with van der Waals surface area (Å²) in [5, 5.41) is 16.5. The number of nitrogens with zero attached hydrogens (tertiary/aromatic N) is 7. The van der Waals surface area contributed by atoms with E-state index in [-0.39, 0.29) is 63.8 Å².